The van der Waals surface area contributed by atoms with Crippen molar-refractivity contribution in [1.29, 1.82) is 0 Å². The van der Waals surface area contributed by atoms with Gasteiger partial charge in [-0.25, -0.2) is 9.18 Å². The van der Waals surface area contributed by atoms with Crippen molar-refractivity contribution in [2.75, 3.05) is 7.11 Å². The fourth-order valence-corrected chi connectivity index (χ4v) is 1.78. The quantitative estimate of drug-likeness (QED) is 0.781. The van der Waals surface area contributed by atoms with Crippen LogP contribution < -0.4 is 34.3 Å². The van der Waals surface area contributed by atoms with E-state index in [-0.39, 0.29) is 42.3 Å². The van der Waals surface area contributed by atoms with Crippen LogP contribution in [0, 0.1) is 5.82 Å². The maximum atomic E-state index is 13.1. The van der Waals surface area contributed by atoms with Crippen LogP contribution in [-0.2, 0) is 0 Å². The zero-order chi connectivity index (χ0) is 14.0. The molecule has 0 atom stereocenters. The Bertz CT molecular complexity index is 649. The number of phenols is 1. The van der Waals surface area contributed by atoms with Crippen LogP contribution in [0.3, 0.4) is 0 Å². The Morgan fingerprint density at radius 2 is 1.95 bits per heavy atom. The van der Waals surface area contributed by atoms with Crippen molar-refractivity contribution in [2.24, 2.45) is 0 Å². The third kappa shape index (κ3) is 3.30. The Morgan fingerprint density at radius 1 is 1.25 bits per heavy atom. The van der Waals surface area contributed by atoms with E-state index < -0.39 is 11.8 Å². The predicted octanol–water partition coefficient (Wildman–Crippen LogP) is 0.0216. The van der Waals surface area contributed by atoms with E-state index in [2.05, 4.69) is 0 Å². The first-order valence-electron chi connectivity index (χ1n) is 5.43. The number of carbonyl (C=O) groups is 1. The standard InChI is InChI=1S/C14H11FO4.Na.H/c1-19-13-7-9(15)3-4-10(13)8-2-5-12(16)11(6-8)14(17)18;;/h2-7,16H,1H3,(H,17,18);;/q;+1;-1. The second-order valence-corrected chi connectivity index (χ2v) is 3.88. The van der Waals surface area contributed by atoms with Crippen LogP contribution in [0.2, 0.25) is 0 Å². The summed E-state index contributed by atoms with van der Waals surface area (Å²) in [6, 6.07) is 8.09. The summed E-state index contributed by atoms with van der Waals surface area (Å²) in [6.45, 7) is 0. The maximum Gasteiger partial charge on any atom is 1.00 e. The van der Waals surface area contributed by atoms with E-state index in [4.69, 9.17) is 9.84 Å². The molecule has 0 aliphatic carbocycles. The van der Waals surface area contributed by atoms with Crippen LogP contribution in [0.15, 0.2) is 36.4 Å². The van der Waals surface area contributed by atoms with Gasteiger partial charge < -0.3 is 16.4 Å². The minimum atomic E-state index is -1.24. The first-order valence-corrected chi connectivity index (χ1v) is 5.43. The molecule has 0 bridgehead atoms. The van der Waals surface area contributed by atoms with Crippen molar-refractivity contribution in [3.05, 3.63) is 47.8 Å². The number of hydrogen-bond donors (Lipinski definition) is 2. The van der Waals surface area contributed by atoms with Gasteiger partial charge in [0.05, 0.1) is 7.11 Å². The average molecular weight is 286 g/mol. The van der Waals surface area contributed by atoms with E-state index >= 15 is 0 Å². The van der Waals surface area contributed by atoms with Crippen LogP contribution in [-0.4, -0.2) is 23.3 Å². The number of carboxylic acid groups (broad SMARTS) is 1. The molecule has 0 amide bonds. The average Bonchev–Trinajstić information content (AvgIpc) is 2.39. The maximum absolute atomic E-state index is 13.1. The zero-order valence-electron chi connectivity index (χ0n) is 12.1. The van der Waals surface area contributed by atoms with Gasteiger partial charge in [0.15, 0.2) is 0 Å². The van der Waals surface area contributed by atoms with Crippen LogP contribution in [0.5, 0.6) is 11.5 Å². The molecule has 2 aromatic rings. The second-order valence-electron chi connectivity index (χ2n) is 3.88. The molecule has 100 valence electrons. The molecule has 0 spiro atoms. The van der Waals surface area contributed by atoms with E-state index in [0.717, 1.165) is 0 Å². The number of aromatic hydroxyl groups is 1. The predicted molar refractivity (Wildman–Crippen MR) is 68.1 cm³/mol. The molecular formula is C14H12FNaO4. The van der Waals surface area contributed by atoms with Crippen molar-refractivity contribution < 1.29 is 55.1 Å². The largest absolute Gasteiger partial charge is 1.00 e. The minimum Gasteiger partial charge on any atom is -1.00 e. The van der Waals surface area contributed by atoms with Crippen molar-refractivity contribution >= 4 is 5.97 Å². The molecule has 0 aliphatic rings. The van der Waals surface area contributed by atoms with Gasteiger partial charge in [-0.05, 0) is 29.8 Å². The monoisotopic (exact) mass is 286 g/mol. The summed E-state index contributed by atoms with van der Waals surface area (Å²) in [5.74, 6) is -1.71. The number of rotatable bonds is 3. The summed E-state index contributed by atoms with van der Waals surface area (Å²) < 4.78 is 18.2. The summed E-state index contributed by atoms with van der Waals surface area (Å²) in [5.41, 5.74) is 0.849. The van der Waals surface area contributed by atoms with Crippen LogP contribution in [0.25, 0.3) is 11.1 Å². The molecule has 20 heavy (non-hydrogen) atoms. The van der Waals surface area contributed by atoms with E-state index in [9.17, 15) is 14.3 Å². The second kappa shape index (κ2) is 6.74. The first-order chi connectivity index (χ1) is 9.02. The Balaban J connectivity index is 0.00000200. The molecule has 0 heterocycles. The molecule has 6 heteroatoms. The van der Waals surface area contributed by atoms with Crippen molar-refractivity contribution in [3.63, 3.8) is 0 Å². The van der Waals surface area contributed by atoms with Gasteiger partial charge in [-0.3, -0.25) is 0 Å². The molecule has 2 aromatic carbocycles. The topological polar surface area (TPSA) is 66.8 Å². The van der Waals surface area contributed by atoms with Crippen LogP contribution in [0.4, 0.5) is 4.39 Å². The smallest absolute Gasteiger partial charge is 1.00 e. The number of benzene rings is 2. The summed E-state index contributed by atoms with van der Waals surface area (Å²) >= 11 is 0. The number of ether oxygens (including phenoxy) is 1. The van der Waals surface area contributed by atoms with Crippen LogP contribution >= 0.6 is 0 Å². The number of methoxy groups -OCH3 is 1. The number of carboxylic acids is 1. The SMILES string of the molecule is COc1cc(F)ccc1-c1ccc(O)c(C(=O)O)c1.[H-].[Na+]. The molecule has 0 aliphatic heterocycles. The van der Waals surface area contributed by atoms with Gasteiger partial charge in [-0.1, -0.05) is 6.07 Å². The molecule has 0 saturated heterocycles. The minimum absolute atomic E-state index is 0. The molecule has 2 N–H and O–H groups in total. The van der Waals surface area contributed by atoms with Gasteiger partial charge >= 0.3 is 35.5 Å². The van der Waals surface area contributed by atoms with Gasteiger partial charge in [0.1, 0.15) is 22.9 Å². The zero-order valence-corrected chi connectivity index (χ0v) is 13.1. The molecule has 0 aromatic heterocycles. The fraction of sp³-hybridized carbons (Fsp3) is 0.0714. The summed E-state index contributed by atoms with van der Waals surface area (Å²) in [4.78, 5) is 11.0. The molecule has 0 fully saturated rings. The number of aromatic carboxylic acids is 1. The summed E-state index contributed by atoms with van der Waals surface area (Å²) in [5, 5.41) is 18.4. The van der Waals surface area contributed by atoms with Crippen molar-refractivity contribution in [1.82, 2.24) is 0 Å². The Hall–Kier alpha value is -1.56. The van der Waals surface area contributed by atoms with Gasteiger partial charge in [-0.2, -0.15) is 0 Å². The fourth-order valence-electron chi connectivity index (χ4n) is 1.78. The molecular weight excluding hydrogens is 274 g/mol. The number of hydrogen-bond acceptors (Lipinski definition) is 3. The van der Waals surface area contributed by atoms with Gasteiger partial charge in [0.2, 0.25) is 0 Å². The van der Waals surface area contributed by atoms with Crippen molar-refractivity contribution in [2.45, 2.75) is 0 Å². The normalized spacial score (nSPS) is 9.70. The van der Waals surface area contributed by atoms with Crippen molar-refractivity contribution in [3.8, 4) is 22.6 Å². The van der Waals surface area contributed by atoms with Gasteiger partial charge in [0.25, 0.3) is 0 Å². The van der Waals surface area contributed by atoms with E-state index in [0.29, 0.717) is 16.9 Å². The van der Waals surface area contributed by atoms with Gasteiger partial charge in [0, 0.05) is 11.6 Å². The molecule has 0 radical (unpaired) electrons. The Morgan fingerprint density at radius 3 is 2.55 bits per heavy atom. The Labute approximate surface area is 138 Å². The van der Waals surface area contributed by atoms with E-state index in [1.54, 1.807) is 0 Å². The van der Waals surface area contributed by atoms with Crippen LogP contribution in [0.1, 0.15) is 11.8 Å². The third-order valence-electron chi connectivity index (χ3n) is 2.70. The third-order valence-corrected chi connectivity index (χ3v) is 2.70. The van der Waals surface area contributed by atoms with E-state index in [1.807, 2.05) is 0 Å². The summed E-state index contributed by atoms with van der Waals surface area (Å²) in [6.07, 6.45) is 0. The van der Waals surface area contributed by atoms with E-state index in [1.165, 1.54) is 43.5 Å². The van der Waals surface area contributed by atoms with Gasteiger partial charge in [-0.15, -0.1) is 0 Å². The molecule has 4 nitrogen and oxygen atoms in total. The number of halogens is 1. The Kier molecular flexibility index (Phi) is 5.56. The molecule has 0 saturated carbocycles. The molecule has 0 unspecified atom stereocenters. The molecule has 2 rings (SSSR count). The first kappa shape index (κ1) is 16.5. The summed E-state index contributed by atoms with van der Waals surface area (Å²) in [7, 11) is 1.40.